The third-order valence-electron chi connectivity index (χ3n) is 2.53. The Morgan fingerprint density at radius 3 is 2.50 bits per heavy atom. The molecule has 94 valence electrons. The highest BCUT2D eigenvalue weighted by Crippen LogP contribution is 2.21. The summed E-state index contributed by atoms with van der Waals surface area (Å²) in [5, 5.41) is 0. The van der Waals surface area contributed by atoms with E-state index in [9.17, 15) is 4.79 Å². The van der Waals surface area contributed by atoms with Gasteiger partial charge in [0.05, 0.1) is 6.61 Å². The Labute approximate surface area is 96.9 Å². The van der Waals surface area contributed by atoms with Crippen molar-refractivity contribution in [2.45, 2.75) is 32.4 Å². The number of hydrogen-bond donors (Lipinski definition) is 1. The maximum absolute atomic E-state index is 11.6. The second-order valence-corrected chi connectivity index (χ2v) is 5.26. The zero-order valence-electron chi connectivity index (χ0n) is 10.5. The maximum atomic E-state index is 11.6. The molecule has 1 saturated heterocycles. The molecule has 1 fully saturated rings. The lowest BCUT2D eigenvalue weighted by molar-refractivity contribution is -0.00934. The van der Waals surface area contributed by atoms with Crippen LogP contribution in [-0.4, -0.2) is 49.4 Å². The molecule has 0 saturated carbocycles. The van der Waals surface area contributed by atoms with Gasteiger partial charge in [-0.3, -0.25) is 0 Å². The molecule has 1 aliphatic rings. The Hall–Kier alpha value is -0.810. The third-order valence-corrected chi connectivity index (χ3v) is 2.53. The van der Waals surface area contributed by atoms with Crippen LogP contribution in [0.2, 0.25) is 0 Å². The molecule has 1 rings (SSSR count). The van der Waals surface area contributed by atoms with Crippen LogP contribution < -0.4 is 5.73 Å². The van der Waals surface area contributed by atoms with E-state index in [-0.39, 0.29) is 12.1 Å². The Morgan fingerprint density at radius 2 is 2.06 bits per heavy atom. The Morgan fingerprint density at radius 1 is 1.50 bits per heavy atom. The average Bonchev–Trinajstić information content (AvgIpc) is 1.97. The molecular weight excluding hydrogens is 208 g/mol. The average molecular weight is 230 g/mol. The van der Waals surface area contributed by atoms with Gasteiger partial charge in [0.2, 0.25) is 0 Å². The van der Waals surface area contributed by atoms with Crippen LogP contribution in [0, 0.1) is 5.92 Å². The van der Waals surface area contributed by atoms with Crippen LogP contribution in [0.1, 0.15) is 20.8 Å². The molecule has 0 spiro atoms. The van der Waals surface area contributed by atoms with E-state index in [1.165, 1.54) is 0 Å². The number of nitrogens with two attached hydrogens (primary N) is 1. The molecule has 1 heterocycles. The Kier molecular flexibility index (Phi) is 4.15. The summed E-state index contributed by atoms with van der Waals surface area (Å²) in [5.41, 5.74) is 5.44. The Bertz CT molecular complexity index is 244. The minimum absolute atomic E-state index is 0.00341. The number of carbonyl (C=O) groups excluding carboxylic acids is 1. The summed E-state index contributed by atoms with van der Waals surface area (Å²) in [7, 11) is 1.63. The van der Waals surface area contributed by atoms with E-state index >= 15 is 0 Å². The van der Waals surface area contributed by atoms with Crippen LogP contribution in [0.25, 0.3) is 0 Å². The number of nitrogens with zero attached hydrogens (tertiary/aromatic N) is 1. The van der Waals surface area contributed by atoms with Gasteiger partial charge in [-0.1, -0.05) is 0 Å². The van der Waals surface area contributed by atoms with Gasteiger partial charge in [-0.25, -0.2) is 4.79 Å². The van der Waals surface area contributed by atoms with Crippen LogP contribution in [0.15, 0.2) is 0 Å². The van der Waals surface area contributed by atoms with Crippen LogP contribution in [0.3, 0.4) is 0 Å². The monoisotopic (exact) mass is 230 g/mol. The van der Waals surface area contributed by atoms with Crippen molar-refractivity contribution in [1.82, 2.24) is 4.90 Å². The zero-order valence-corrected chi connectivity index (χ0v) is 10.5. The van der Waals surface area contributed by atoms with Crippen molar-refractivity contribution in [1.29, 1.82) is 0 Å². The first-order valence-corrected chi connectivity index (χ1v) is 5.56. The smallest absolute Gasteiger partial charge is 0.410 e. The molecule has 1 atom stereocenters. The fourth-order valence-electron chi connectivity index (χ4n) is 1.59. The van der Waals surface area contributed by atoms with Gasteiger partial charge in [0.1, 0.15) is 5.60 Å². The van der Waals surface area contributed by atoms with Gasteiger partial charge in [-0.05, 0) is 20.8 Å². The number of rotatable bonds is 3. The highest BCUT2D eigenvalue weighted by atomic mass is 16.6. The van der Waals surface area contributed by atoms with E-state index in [0.29, 0.717) is 25.6 Å². The highest BCUT2D eigenvalue weighted by molar-refractivity contribution is 5.69. The van der Waals surface area contributed by atoms with Gasteiger partial charge in [0.25, 0.3) is 0 Å². The lowest BCUT2D eigenvalue weighted by Gasteiger charge is -2.42. The SMILES string of the molecule is COC[C@H](N)C1CN(C(=O)OC(C)(C)C)C1. The summed E-state index contributed by atoms with van der Waals surface area (Å²) in [4.78, 5) is 13.3. The highest BCUT2D eigenvalue weighted by Gasteiger charge is 2.36. The van der Waals surface area contributed by atoms with Crippen molar-refractivity contribution in [3.05, 3.63) is 0 Å². The van der Waals surface area contributed by atoms with E-state index in [1.807, 2.05) is 20.8 Å². The van der Waals surface area contributed by atoms with Crippen LogP contribution in [-0.2, 0) is 9.47 Å². The first kappa shape index (κ1) is 13.3. The van der Waals surface area contributed by atoms with Crippen molar-refractivity contribution >= 4 is 6.09 Å². The lowest BCUT2D eigenvalue weighted by atomic mass is 9.93. The summed E-state index contributed by atoms with van der Waals surface area (Å²) in [6.45, 7) is 7.45. The molecular formula is C11H22N2O3. The lowest BCUT2D eigenvalue weighted by Crippen LogP contribution is -2.58. The molecule has 0 unspecified atom stereocenters. The van der Waals surface area contributed by atoms with E-state index in [0.717, 1.165) is 0 Å². The summed E-state index contributed by atoms with van der Waals surface area (Å²) >= 11 is 0. The standard InChI is InChI=1S/C11H22N2O3/c1-11(2,3)16-10(14)13-5-8(6-13)9(12)7-15-4/h8-9H,5-7,12H2,1-4H3/t9-/m0/s1. The van der Waals surface area contributed by atoms with Crippen LogP contribution >= 0.6 is 0 Å². The summed E-state index contributed by atoms with van der Waals surface area (Å²) in [5.74, 6) is 0.326. The predicted molar refractivity (Wildman–Crippen MR) is 61.1 cm³/mol. The first-order chi connectivity index (χ1) is 7.33. The minimum Gasteiger partial charge on any atom is -0.444 e. The van der Waals surface area contributed by atoms with Crippen molar-refractivity contribution in [2.24, 2.45) is 11.7 Å². The molecule has 0 aliphatic carbocycles. The van der Waals surface area contributed by atoms with E-state index in [2.05, 4.69) is 0 Å². The fraction of sp³-hybridized carbons (Fsp3) is 0.909. The first-order valence-electron chi connectivity index (χ1n) is 5.56. The number of methoxy groups -OCH3 is 1. The van der Waals surface area contributed by atoms with Gasteiger partial charge in [0, 0.05) is 32.2 Å². The van der Waals surface area contributed by atoms with Crippen molar-refractivity contribution in [2.75, 3.05) is 26.8 Å². The van der Waals surface area contributed by atoms with Crippen molar-refractivity contribution in [3.8, 4) is 0 Å². The minimum atomic E-state index is -0.434. The summed E-state index contributed by atoms with van der Waals surface area (Å²) in [6.07, 6.45) is -0.256. The number of hydrogen-bond acceptors (Lipinski definition) is 4. The van der Waals surface area contributed by atoms with Crippen molar-refractivity contribution in [3.63, 3.8) is 0 Å². The van der Waals surface area contributed by atoms with Gasteiger partial charge in [-0.15, -0.1) is 0 Å². The third kappa shape index (κ3) is 3.64. The van der Waals surface area contributed by atoms with E-state index < -0.39 is 5.60 Å². The molecule has 2 N–H and O–H groups in total. The van der Waals surface area contributed by atoms with Crippen LogP contribution in [0.5, 0.6) is 0 Å². The van der Waals surface area contributed by atoms with E-state index in [1.54, 1.807) is 12.0 Å². The largest absolute Gasteiger partial charge is 0.444 e. The van der Waals surface area contributed by atoms with Crippen molar-refractivity contribution < 1.29 is 14.3 Å². The fourth-order valence-corrected chi connectivity index (χ4v) is 1.59. The molecule has 0 bridgehead atoms. The quantitative estimate of drug-likeness (QED) is 0.780. The topological polar surface area (TPSA) is 64.8 Å². The molecule has 0 aromatic heterocycles. The molecule has 1 aliphatic heterocycles. The number of likely N-dealkylation sites (tertiary alicyclic amines) is 1. The van der Waals surface area contributed by atoms with E-state index in [4.69, 9.17) is 15.2 Å². The molecule has 1 amide bonds. The normalized spacial score (nSPS) is 19.2. The maximum Gasteiger partial charge on any atom is 0.410 e. The van der Waals surface area contributed by atoms with Gasteiger partial charge >= 0.3 is 6.09 Å². The zero-order chi connectivity index (χ0) is 12.3. The summed E-state index contributed by atoms with van der Waals surface area (Å²) in [6, 6.07) is 0.00341. The number of carbonyl (C=O) groups is 1. The second kappa shape index (κ2) is 5.01. The van der Waals surface area contributed by atoms with Gasteiger partial charge in [0.15, 0.2) is 0 Å². The molecule has 0 aromatic rings. The molecule has 5 heteroatoms. The number of amides is 1. The molecule has 5 nitrogen and oxygen atoms in total. The second-order valence-electron chi connectivity index (χ2n) is 5.26. The molecule has 0 aromatic carbocycles. The van der Waals surface area contributed by atoms with Crippen LogP contribution in [0.4, 0.5) is 4.79 Å². The summed E-state index contributed by atoms with van der Waals surface area (Å²) < 4.78 is 10.2. The predicted octanol–water partition coefficient (Wildman–Crippen LogP) is 0.827. The number of ether oxygens (including phenoxy) is 2. The molecule has 16 heavy (non-hydrogen) atoms. The Balaban J connectivity index is 2.28. The molecule has 0 radical (unpaired) electrons. The van der Waals surface area contributed by atoms with Gasteiger partial charge in [-0.2, -0.15) is 0 Å². The van der Waals surface area contributed by atoms with Gasteiger partial charge < -0.3 is 20.1 Å².